The molecule has 0 heterocycles. The summed E-state index contributed by atoms with van der Waals surface area (Å²) in [6, 6.07) is 11.1. The minimum atomic E-state index is -0.179. The van der Waals surface area contributed by atoms with Gasteiger partial charge in [-0.1, -0.05) is 31.9 Å². The molecule has 0 radical (unpaired) electrons. The van der Waals surface area contributed by atoms with Crippen LogP contribution in [0.4, 0.5) is 5.69 Å². The SMILES string of the molecule is CCCc1ccc(NCCCCC(C)(C)C#N)cc1. The maximum Gasteiger partial charge on any atom is 0.0683 e. The van der Waals surface area contributed by atoms with Gasteiger partial charge in [-0.3, -0.25) is 0 Å². The predicted molar refractivity (Wildman–Crippen MR) is 82.2 cm³/mol. The van der Waals surface area contributed by atoms with Gasteiger partial charge in [0.05, 0.1) is 11.5 Å². The van der Waals surface area contributed by atoms with E-state index in [0.717, 1.165) is 32.2 Å². The summed E-state index contributed by atoms with van der Waals surface area (Å²) in [7, 11) is 0. The summed E-state index contributed by atoms with van der Waals surface area (Å²) in [5.41, 5.74) is 2.42. The summed E-state index contributed by atoms with van der Waals surface area (Å²) in [5, 5.41) is 12.4. The average Bonchev–Trinajstić information content (AvgIpc) is 2.40. The Labute approximate surface area is 117 Å². The molecule has 1 aromatic carbocycles. The number of benzene rings is 1. The van der Waals surface area contributed by atoms with Crippen molar-refractivity contribution in [2.75, 3.05) is 11.9 Å². The third-order valence-corrected chi connectivity index (χ3v) is 3.35. The van der Waals surface area contributed by atoms with Crippen LogP contribution in [-0.2, 0) is 6.42 Å². The van der Waals surface area contributed by atoms with Crippen molar-refractivity contribution in [3.05, 3.63) is 29.8 Å². The van der Waals surface area contributed by atoms with E-state index in [-0.39, 0.29) is 5.41 Å². The van der Waals surface area contributed by atoms with Crippen molar-refractivity contribution in [2.24, 2.45) is 5.41 Å². The largest absolute Gasteiger partial charge is 0.385 e. The standard InChI is InChI=1S/C17H26N2/c1-4-7-15-8-10-16(11-9-15)19-13-6-5-12-17(2,3)14-18/h8-11,19H,4-7,12-13H2,1-3H3. The van der Waals surface area contributed by atoms with Gasteiger partial charge >= 0.3 is 0 Å². The molecule has 0 saturated heterocycles. The maximum absolute atomic E-state index is 8.93. The zero-order chi connectivity index (χ0) is 14.1. The smallest absolute Gasteiger partial charge is 0.0683 e. The summed E-state index contributed by atoms with van der Waals surface area (Å²) in [6.45, 7) is 7.20. The highest BCUT2D eigenvalue weighted by Crippen LogP contribution is 2.21. The van der Waals surface area contributed by atoms with Crippen LogP contribution < -0.4 is 5.32 Å². The van der Waals surface area contributed by atoms with Gasteiger partial charge in [-0.05, 0) is 50.8 Å². The molecule has 1 aromatic rings. The van der Waals surface area contributed by atoms with Crippen LogP contribution in [0.5, 0.6) is 0 Å². The fourth-order valence-corrected chi connectivity index (χ4v) is 2.06. The molecule has 0 aliphatic carbocycles. The molecule has 1 rings (SSSR count). The van der Waals surface area contributed by atoms with Crippen LogP contribution in [0.2, 0.25) is 0 Å². The fourth-order valence-electron chi connectivity index (χ4n) is 2.06. The second-order valence-electron chi connectivity index (χ2n) is 5.83. The lowest BCUT2D eigenvalue weighted by atomic mass is 9.89. The first-order chi connectivity index (χ1) is 9.07. The molecule has 2 heteroatoms. The van der Waals surface area contributed by atoms with Crippen LogP contribution in [0.25, 0.3) is 0 Å². The minimum Gasteiger partial charge on any atom is -0.385 e. The molecular formula is C17H26N2. The Balaban J connectivity index is 2.21. The van der Waals surface area contributed by atoms with Gasteiger partial charge in [0.2, 0.25) is 0 Å². The number of nitrogens with one attached hydrogen (secondary N) is 1. The van der Waals surface area contributed by atoms with E-state index in [1.54, 1.807) is 0 Å². The van der Waals surface area contributed by atoms with Gasteiger partial charge in [0.25, 0.3) is 0 Å². The first-order valence-electron chi connectivity index (χ1n) is 7.31. The number of nitrogens with zero attached hydrogens (tertiary/aromatic N) is 1. The lowest BCUT2D eigenvalue weighted by Gasteiger charge is -2.14. The summed E-state index contributed by atoms with van der Waals surface area (Å²) in [5.74, 6) is 0. The number of rotatable bonds is 8. The molecular weight excluding hydrogens is 232 g/mol. The van der Waals surface area contributed by atoms with Gasteiger partial charge in [-0.15, -0.1) is 0 Å². The van der Waals surface area contributed by atoms with Gasteiger partial charge in [0.1, 0.15) is 0 Å². The molecule has 0 amide bonds. The van der Waals surface area contributed by atoms with Crippen LogP contribution in [0.3, 0.4) is 0 Å². The maximum atomic E-state index is 8.93. The normalized spacial score (nSPS) is 11.1. The highest BCUT2D eigenvalue weighted by molar-refractivity contribution is 5.44. The molecule has 0 unspecified atom stereocenters. The Morgan fingerprint density at radius 1 is 1.16 bits per heavy atom. The van der Waals surface area contributed by atoms with E-state index in [1.165, 1.54) is 17.7 Å². The van der Waals surface area contributed by atoms with Crippen molar-refractivity contribution in [2.45, 2.75) is 52.9 Å². The molecule has 19 heavy (non-hydrogen) atoms. The monoisotopic (exact) mass is 258 g/mol. The fraction of sp³-hybridized carbons (Fsp3) is 0.588. The zero-order valence-corrected chi connectivity index (χ0v) is 12.5. The second-order valence-corrected chi connectivity index (χ2v) is 5.83. The Bertz CT molecular complexity index is 398. The van der Waals surface area contributed by atoms with E-state index in [0.29, 0.717) is 0 Å². The van der Waals surface area contributed by atoms with Crippen LogP contribution in [-0.4, -0.2) is 6.54 Å². The van der Waals surface area contributed by atoms with Gasteiger partial charge in [0.15, 0.2) is 0 Å². The minimum absolute atomic E-state index is 0.179. The highest BCUT2D eigenvalue weighted by Gasteiger charge is 2.15. The number of unbranched alkanes of at least 4 members (excludes halogenated alkanes) is 1. The Morgan fingerprint density at radius 2 is 1.84 bits per heavy atom. The molecule has 0 aliphatic heterocycles. The first kappa shape index (κ1) is 15.6. The Morgan fingerprint density at radius 3 is 2.42 bits per heavy atom. The molecule has 0 atom stereocenters. The van der Waals surface area contributed by atoms with Gasteiger partial charge < -0.3 is 5.32 Å². The lowest BCUT2D eigenvalue weighted by molar-refractivity contribution is 0.430. The van der Waals surface area contributed by atoms with Crippen molar-refractivity contribution < 1.29 is 0 Å². The van der Waals surface area contributed by atoms with Crippen molar-refractivity contribution in [3.8, 4) is 6.07 Å². The van der Waals surface area contributed by atoms with E-state index < -0.39 is 0 Å². The van der Waals surface area contributed by atoms with Crippen LogP contribution in [0.1, 0.15) is 52.0 Å². The second kappa shape index (κ2) is 7.84. The first-order valence-corrected chi connectivity index (χ1v) is 7.31. The van der Waals surface area contributed by atoms with Crippen molar-refractivity contribution in [1.29, 1.82) is 5.26 Å². The predicted octanol–water partition coefficient (Wildman–Crippen LogP) is 4.77. The molecule has 0 fully saturated rings. The molecule has 0 spiro atoms. The summed E-state index contributed by atoms with van der Waals surface area (Å²) in [6.07, 6.45) is 5.54. The van der Waals surface area contributed by atoms with Crippen molar-refractivity contribution >= 4 is 5.69 Å². The third-order valence-electron chi connectivity index (χ3n) is 3.35. The molecule has 0 saturated carbocycles. The van der Waals surface area contributed by atoms with Gasteiger partial charge in [-0.25, -0.2) is 0 Å². The summed E-state index contributed by atoms with van der Waals surface area (Å²) < 4.78 is 0. The van der Waals surface area contributed by atoms with Crippen LogP contribution in [0, 0.1) is 16.7 Å². The Hall–Kier alpha value is -1.49. The molecule has 2 nitrogen and oxygen atoms in total. The van der Waals surface area contributed by atoms with E-state index >= 15 is 0 Å². The van der Waals surface area contributed by atoms with Crippen LogP contribution >= 0.6 is 0 Å². The summed E-state index contributed by atoms with van der Waals surface area (Å²) in [4.78, 5) is 0. The number of hydrogen-bond donors (Lipinski definition) is 1. The molecule has 1 N–H and O–H groups in total. The number of aryl methyl sites for hydroxylation is 1. The zero-order valence-electron chi connectivity index (χ0n) is 12.5. The topological polar surface area (TPSA) is 35.8 Å². The molecule has 104 valence electrons. The van der Waals surface area contributed by atoms with E-state index in [1.807, 2.05) is 13.8 Å². The van der Waals surface area contributed by atoms with E-state index in [4.69, 9.17) is 5.26 Å². The van der Waals surface area contributed by atoms with Crippen molar-refractivity contribution in [1.82, 2.24) is 0 Å². The molecule has 0 aromatic heterocycles. The number of nitriles is 1. The number of anilines is 1. The number of hydrogen-bond acceptors (Lipinski definition) is 2. The lowest BCUT2D eigenvalue weighted by Crippen LogP contribution is -2.09. The van der Waals surface area contributed by atoms with Gasteiger partial charge in [0, 0.05) is 12.2 Å². The van der Waals surface area contributed by atoms with Crippen molar-refractivity contribution in [3.63, 3.8) is 0 Å². The molecule has 0 aliphatic rings. The van der Waals surface area contributed by atoms with Gasteiger partial charge in [-0.2, -0.15) is 5.26 Å². The summed E-state index contributed by atoms with van der Waals surface area (Å²) >= 11 is 0. The Kier molecular flexibility index (Phi) is 6.42. The quantitative estimate of drug-likeness (QED) is 0.682. The van der Waals surface area contributed by atoms with E-state index in [2.05, 4.69) is 42.6 Å². The van der Waals surface area contributed by atoms with E-state index in [9.17, 15) is 0 Å². The average molecular weight is 258 g/mol. The third kappa shape index (κ3) is 6.29. The molecule has 0 bridgehead atoms. The highest BCUT2D eigenvalue weighted by atomic mass is 14.9. The van der Waals surface area contributed by atoms with Crippen LogP contribution in [0.15, 0.2) is 24.3 Å².